The standard InChI is InChI=1S/C17H20FNO3S/c18-12-4-6-13(7-5-12)23-9-8-15(20)19-10-11-2-1-3-14(11)16(19)17(21)22/h4-7,11,14,16H,1-3,8-10H2,(H,21,22). The van der Waals surface area contributed by atoms with Gasteiger partial charge in [-0.1, -0.05) is 6.42 Å². The number of benzene rings is 1. The normalized spacial score (nSPS) is 26.3. The van der Waals surface area contributed by atoms with Crippen LogP contribution in [-0.4, -0.2) is 40.2 Å². The molecule has 1 aromatic rings. The van der Waals surface area contributed by atoms with Crippen LogP contribution in [0.1, 0.15) is 25.7 Å². The molecule has 3 atom stereocenters. The van der Waals surface area contributed by atoms with Crippen LogP contribution in [0.2, 0.25) is 0 Å². The van der Waals surface area contributed by atoms with Crippen molar-refractivity contribution in [3.05, 3.63) is 30.1 Å². The Kier molecular flexibility index (Phi) is 4.90. The lowest BCUT2D eigenvalue weighted by atomic mass is 9.94. The molecule has 0 spiro atoms. The highest BCUT2D eigenvalue weighted by Gasteiger charge is 2.49. The van der Waals surface area contributed by atoms with Gasteiger partial charge in [-0.3, -0.25) is 4.79 Å². The monoisotopic (exact) mass is 337 g/mol. The first-order chi connectivity index (χ1) is 11.1. The molecule has 1 aliphatic carbocycles. The molecular formula is C17H20FNO3S. The van der Waals surface area contributed by atoms with E-state index in [9.17, 15) is 19.1 Å². The third-order valence-corrected chi connectivity index (χ3v) is 5.88. The first-order valence-electron chi connectivity index (χ1n) is 7.97. The molecule has 0 aromatic heterocycles. The minimum Gasteiger partial charge on any atom is -0.480 e. The summed E-state index contributed by atoms with van der Waals surface area (Å²) >= 11 is 1.49. The minimum absolute atomic E-state index is 0.0820. The SMILES string of the molecule is O=C(O)C1C2CCCC2CN1C(=O)CCSc1ccc(F)cc1. The summed E-state index contributed by atoms with van der Waals surface area (Å²) in [6.07, 6.45) is 3.32. The molecule has 1 heterocycles. The van der Waals surface area contributed by atoms with E-state index in [1.807, 2.05) is 0 Å². The number of carbonyl (C=O) groups is 2. The van der Waals surface area contributed by atoms with Gasteiger partial charge in [0.05, 0.1) is 0 Å². The predicted molar refractivity (Wildman–Crippen MR) is 85.7 cm³/mol. The maximum absolute atomic E-state index is 12.8. The second-order valence-electron chi connectivity index (χ2n) is 6.24. The van der Waals surface area contributed by atoms with Crippen LogP contribution < -0.4 is 0 Å². The molecule has 1 aliphatic heterocycles. The van der Waals surface area contributed by atoms with Gasteiger partial charge in [0, 0.05) is 23.6 Å². The first kappa shape index (κ1) is 16.3. The number of nitrogens with zero attached hydrogens (tertiary/aromatic N) is 1. The quantitative estimate of drug-likeness (QED) is 0.839. The van der Waals surface area contributed by atoms with Crippen molar-refractivity contribution in [2.45, 2.75) is 36.6 Å². The second kappa shape index (κ2) is 6.91. The molecule has 3 rings (SSSR count). The molecule has 124 valence electrons. The third-order valence-electron chi connectivity index (χ3n) is 4.86. The van der Waals surface area contributed by atoms with Crippen molar-refractivity contribution in [3.63, 3.8) is 0 Å². The van der Waals surface area contributed by atoms with Crippen LogP contribution in [0.15, 0.2) is 29.2 Å². The molecule has 6 heteroatoms. The van der Waals surface area contributed by atoms with Gasteiger partial charge in [-0.05, 0) is 48.9 Å². The lowest BCUT2D eigenvalue weighted by Gasteiger charge is -2.24. The van der Waals surface area contributed by atoms with E-state index >= 15 is 0 Å². The number of fused-ring (bicyclic) bond motifs is 1. The van der Waals surface area contributed by atoms with E-state index in [2.05, 4.69) is 0 Å². The van der Waals surface area contributed by atoms with Gasteiger partial charge in [0.1, 0.15) is 11.9 Å². The number of halogens is 1. The molecule has 1 saturated heterocycles. The minimum atomic E-state index is -0.876. The van der Waals surface area contributed by atoms with E-state index in [-0.39, 0.29) is 17.6 Å². The predicted octanol–water partition coefficient (Wildman–Crippen LogP) is 3.02. The van der Waals surface area contributed by atoms with E-state index in [1.54, 1.807) is 17.0 Å². The summed E-state index contributed by atoms with van der Waals surface area (Å²) in [4.78, 5) is 26.5. The number of carboxylic acid groups (broad SMARTS) is 1. The summed E-state index contributed by atoms with van der Waals surface area (Å²) in [5.74, 6) is -0.187. The van der Waals surface area contributed by atoms with Crippen LogP contribution in [-0.2, 0) is 9.59 Å². The highest BCUT2D eigenvalue weighted by molar-refractivity contribution is 7.99. The van der Waals surface area contributed by atoms with Gasteiger partial charge in [0.15, 0.2) is 0 Å². The zero-order valence-electron chi connectivity index (χ0n) is 12.8. The van der Waals surface area contributed by atoms with Gasteiger partial charge in [-0.15, -0.1) is 11.8 Å². The lowest BCUT2D eigenvalue weighted by molar-refractivity contribution is -0.149. The van der Waals surface area contributed by atoms with E-state index in [0.29, 0.717) is 24.6 Å². The van der Waals surface area contributed by atoms with Crippen molar-refractivity contribution in [1.29, 1.82) is 0 Å². The van der Waals surface area contributed by atoms with E-state index < -0.39 is 12.0 Å². The molecule has 0 bridgehead atoms. The maximum atomic E-state index is 12.8. The average molecular weight is 337 g/mol. The van der Waals surface area contributed by atoms with Crippen LogP contribution in [0, 0.1) is 17.7 Å². The van der Waals surface area contributed by atoms with Crippen LogP contribution in [0.4, 0.5) is 4.39 Å². The molecule has 3 unspecified atom stereocenters. The Morgan fingerprint density at radius 3 is 2.70 bits per heavy atom. The number of likely N-dealkylation sites (tertiary alicyclic amines) is 1. The number of carboxylic acids is 1. The molecular weight excluding hydrogens is 317 g/mol. The molecule has 0 radical (unpaired) electrons. The van der Waals surface area contributed by atoms with E-state index in [0.717, 1.165) is 24.2 Å². The van der Waals surface area contributed by atoms with Crippen LogP contribution in [0.3, 0.4) is 0 Å². The Labute approximate surface area is 139 Å². The van der Waals surface area contributed by atoms with Crippen molar-refractivity contribution >= 4 is 23.6 Å². The molecule has 23 heavy (non-hydrogen) atoms. The summed E-state index contributed by atoms with van der Waals surface area (Å²) in [5.41, 5.74) is 0. The van der Waals surface area contributed by atoms with Gasteiger partial charge < -0.3 is 10.0 Å². The number of carbonyl (C=O) groups excluding carboxylic acids is 1. The topological polar surface area (TPSA) is 57.6 Å². The summed E-state index contributed by atoms with van der Waals surface area (Å²) in [6, 6.07) is 5.51. The Hall–Kier alpha value is -1.56. The van der Waals surface area contributed by atoms with E-state index in [1.165, 1.54) is 23.9 Å². The second-order valence-corrected chi connectivity index (χ2v) is 7.40. The molecule has 1 saturated carbocycles. The van der Waals surface area contributed by atoms with Crippen molar-refractivity contribution in [3.8, 4) is 0 Å². The zero-order chi connectivity index (χ0) is 16.4. The van der Waals surface area contributed by atoms with Crippen molar-refractivity contribution < 1.29 is 19.1 Å². The maximum Gasteiger partial charge on any atom is 0.326 e. The van der Waals surface area contributed by atoms with Crippen molar-refractivity contribution in [1.82, 2.24) is 4.90 Å². The fraction of sp³-hybridized carbons (Fsp3) is 0.529. The number of thioether (sulfide) groups is 1. The number of hydrogen-bond donors (Lipinski definition) is 1. The molecule has 2 aliphatic rings. The smallest absolute Gasteiger partial charge is 0.326 e. The summed E-state index contributed by atoms with van der Waals surface area (Å²) in [5, 5.41) is 9.47. The van der Waals surface area contributed by atoms with Crippen molar-refractivity contribution in [2.75, 3.05) is 12.3 Å². The van der Waals surface area contributed by atoms with Gasteiger partial charge in [-0.2, -0.15) is 0 Å². The molecule has 1 N–H and O–H groups in total. The fourth-order valence-electron chi connectivity index (χ4n) is 3.81. The third kappa shape index (κ3) is 3.52. The summed E-state index contributed by atoms with van der Waals surface area (Å²) in [6.45, 7) is 0.585. The Bertz CT molecular complexity index is 592. The summed E-state index contributed by atoms with van der Waals surface area (Å²) < 4.78 is 12.8. The Morgan fingerprint density at radius 1 is 1.26 bits per heavy atom. The molecule has 2 fully saturated rings. The zero-order valence-corrected chi connectivity index (χ0v) is 13.6. The highest BCUT2D eigenvalue weighted by atomic mass is 32.2. The number of amides is 1. The largest absolute Gasteiger partial charge is 0.480 e. The van der Waals surface area contributed by atoms with Crippen molar-refractivity contribution in [2.24, 2.45) is 11.8 Å². The Morgan fingerprint density at radius 2 is 2.00 bits per heavy atom. The molecule has 4 nitrogen and oxygen atoms in total. The average Bonchev–Trinajstić information content (AvgIpc) is 3.09. The van der Waals surface area contributed by atoms with Gasteiger partial charge in [-0.25, -0.2) is 9.18 Å². The number of hydrogen-bond acceptors (Lipinski definition) is 3. The van der Waals surface area contributed by atoms with Gasteiger partial charge in [0.25, 0.3) is 0 Å². The lowest BCUT2D eigenvalue weighted by Crippen LogP contribution is -2.43. The summed E-state index contributed by atoms with van der Waals surface area (Å²) in [7, 11) is 0. The molecule has 1 amide bonds. The highest BCUT2D eigenvalue weighted by Crippen LogP contribution is 2.42. The first-order valence-corrected chi connectivity index (χ1v) is 8.95. The molecule has 1 aromatic carbocycles. The Balaban J connectivity index is 1.55. The fourth-order valence-corrected chi connectivity index (χ4v) is 4.65. The number of aliphatic carboxylic acids is 1. The van der Waals surface area contributed by atoms with Crippen LogP contribution in [0.5, 0.6) is 0 Å². The number of rotatable bonds is 5. The van der Waals surface area contributed by atoms with Gasteiger partial charge >= 0.3 is 5.97 Å². The van der Waals surface area contributed by atoms with E-state index in [4.69, 9.17) is 0 Å². The van der Waals surface area contributed by atoms with Crippen LogP contribution in [0.25, 0.3) is 0 Å². The van der Waals surface area contributed by atoms with Crippen LogP contribution >= 0.6 is 11.8 Å². The van der Waals surface area contributed by atoms with Gasteiger partial charge in [0.2, 0.25) is 5.91 Å².